The fraction of sp³-hybridized carbons (Fsp3) is 0.522. The van der Waals surface area contributed by atoms with Crippen LogP contribution in [0.2, 0.25) is 0 Å². The van der Waals surface area contributed by atoms with Crippen molar-refractivity contribution in [1.82, 2.24) is 24.6 Å². The molecule has 1 N–H and O–H groups in total. The minimum Gasteiger partial charge on any atom is -0.353 e. The van der Waals surface area contributed by atoms with Crippen LogP contribution in [-0.4, -0.2) is 50.8 Å². The van der Waals surface area contributed by atoms with Gasteiger partial charge in [-0.3, -0.25) is 14.5 Å². The maximum atomic E-state index is 13.2. The number of nitrogens with zero attached hydrogens (tertiary/aromatic N) is 4. The number of likely N-dealkylation sites (tertiary alicyclic amines) is 1. The molecule has 1 aliphatic heterocycles. The third-order valence-corrected chi connectivity index (χ3v) is 6.18. The van der Waals surface area contributed by atoms with Gasteiger partial charge in [-0.1, -0.05) is 31.5 Å². The molecule has 0 aliphatic carbocycles. The van der Waals surface area contributed by atoms with Crippen LogP contribution in [0.5, 0.6) is 0 Å². The number of para-hydroxylation sites is 1. The SMILES string of the molecule is CCCn1c2ccccc2c2cnn(CC(=O)NCCN3CCCC[C@H]3C)c(=O)c21. The lowest BCUT2D eigenvalue weighted by Crippen LogP contribution is -2.43. The second kappa shape index (κ2) is 9.00. The van der Waals surface area contributed by atoms with Crippen LogP contribution in [0.25, 0.3) is 21.8 Å². The summed E-state index contributed by atoms with van der Waals surface area (Å²) in [6, 6.07) is 8.57. The minimum atomic E-state index is -0.211. The van der Waals surface area contributed by atoms with E-state index in [9.17, 15) is 9.59 Å². The van der Waals surface area contributed by atoms with Crippen molar-refractivity contribution in [3.05, 3.63) is 40.8 Å². The third kappa shape index (κ3) is 3.99. The number of benzene rings is 1. The Labute approximate surface area is 176 Å². The minimum absolute atomic E-state index is 0.0576. The molecule has 1 amide bonds. The van der Waals surface area contributed by atoms with Crippen LogP contribution >= 0.6 is 0 Å². The Kier molecular flexibility index (Phi) is 6.18. The van der Waals surface area contributed by atoms with Crippen LogP contribution < -0.4 is 10.9 Å². The molecule has 0 radical (unpaired) electrons. The van der Waals surface area contributed by atoms with Crippen molar-refractivity contribution in [3.8, 4) is 0 Å². The number of hydrogen-bond acceptors (Lipinski definition) is 4. The van der Waals surface area contributed by atoms with Crippen LogP contribution in [0.1, 0.15) is 39.5 Å². The first kappa shape index (κ1) is 20.6. The molecule has 1 atom stereocenters. The summed E-state index contributed by atoms with van der Waals surface area (Å²) in [7, 11) is 0. The van der Waals surface area contributed by atoms with Gasteiger partial charge >= 0.3 is 0 Å². The lowest BCUT2D eigenvalue weighted by Gasteiger charge is -2.33. The molecule has 1 saturated heterocycles. The summed E-state index contributed by atoms with van der Waals surface area (Å²) >= 11 is 0. The normalized spacial score (nSPS) is 17.6. The van der Waals surface area contributed by atoms with E-state index in [0.29, 0.717) is 18.1 Å². The molecule has 1 fully saturated rings. The van der Waals surface area contributed by atoms with E-state index in [1.807, 2.05) is 24.3 Å². The summed E-state index contributed by atoms with van der Waals surface area (Å²) in [6.45, 7) is 7.57. The van der Waals surface area contributed by atoms with E-state index in [-0.39, 0.29) is 18.0 Å². The molecule has 7 heteroatoms. The van der Waals surface area contributed by atoms with E-state index in [1.165, 1.54) is 23.9 Å². The average Bonchev–Trinajstić information content (AvgIpc) is 3.06. The predicted octanol–water partition coefficient (Wildman–Crippen LogP) is 2.75. The van der Waals surface area contributed by atoms with Crippen molar-refractivity contribution < 1.29 is 4.79 Å². The number of rotatable bonds is 7. The maximum absolute atomic E-state index is 13.2. The molecule has 2 aromatic heterocycles. The molecule has 1 aromatic carbocycles. The fourth-order valence-electron chi connectivity index (χ4n) is 4.58. The molecular formula is C23H31N5O2. The fourth-order valence-corrected chi connectivity index (χ4v) is 4.58. The number of piperidine rings is 1. The number of carbonyl (C=O) groups excluding carboxylic acids is 1. The Hall–Kier alpha value is -2.67. The molecule has 7 nitrogen and oxygen atoms in total. The molecule has 30 heavy (non-hydrogen) atoms. The Morgan fingerprint density at radius 1 is 1.20 bits per heavy atom. The van der Waals surface area contributed by atoms with E-state index in [0.717, 1.165) is 42.3 Å². The first-order valence-electron chi connectivity index (χ1n) is 11.1. The van der Waals surface area contributed by atoms with Gasteiger partial charge in [0.25, 0.3) is 5.56 Å². The topological polar surface area (TPSA) is 72.2 Å². The number of aryl methyl sites for hydroxylation is 1. The number of nitrogens with one attached hydrogen (secondary N) is 1. The molecule has 4 rings (SSSR count). The highest BCUT2D eigenvalue weighted by molar-refractivity contribution is 6.07. The molecule has 3 heterocycles. The van der Waals surface area contributed by atoms with Crippen LogP contribution in [0.15, 0.2) is 35.3 Å². The number of amides is 1. The van der Waals surface area contributed by atoms with E-state index in [4.69, 9.17) is 0 Å². The largest absolute Gasteiger partial charge is 0.353 e. The second-order valence-corrected chi connectivity index (χ2v) is 8.27. The zero-order valence-corrected chi connectivity index (χ0v) is 17.9. The van der Waals surface area contributed by atoms with Gasteiger partial charge in [0.2, 0.25) is 5.91 Å². The van der Waals surface area contributed by atoms with Crippen molar-refractivity contribution in [2.45, 2.75) is 58.7 Å². The van der Waals surface area contributed by atoms with Crippen molar-refractivity contribution in [2.24, 2.45) is 0 Å². The summed E-state index contributed by atoms with van der Waals surface area (Å²) in [6.07, 6.45) is 6.37. The predicted molar refractivity (Wildman–Crippen MR) is 120 cm³/mol. The average molecular weight is 410 g/mol. The number of hydrogen-bond donors (Lipinski definition) is 1. The first-order valence-corrected chi connectivity index (χ1v) is 11.1. The van der Waals surface area contributed by atoms with Gasteiger partial charge in [0, 0.05) is 42.0 Å². The summed E-state index contributed by atoms with van der Waals surface area (Å²) < 4.78 is 3.34. The highest BCUT2D eigenvalue weighted by Gasteiger charge is 2.19. The molecule has 0 saturated carbocycles. The van der Waals surface area contributed by atoms with Gasteiger partial charge in [-0.2, -0.15) is 5.10 Å². The zero-order valence-electron chi connectivity index (χ0n) is 17.9. The van der Waals surface area contributed by atoms with Crippen molar-refractivity contribution in [3.63, 3.8) is 0 Å². The highest BCUT2D eigenvalue weighted by atomic mass is 16.2. The lowest BCUT2D eigenvalue weighted by molar-refractivity contribution is -0.122. The molecule has 0 bridgehead atoms. The Morgan fingerprint density at radius 3 is 2.83 bits per heavy atom. The summed E-state index contributed by atoms with van der Waals surface area (Å²) in [5.74, 6) is -0.174. The Balaban J connectivity index is 1.51. The van der Waals surface area contributed by atoms with Gasteiger partial charge in [-0.05, 0) is 38.8 Å². The van der Waals surface area contributed by atoms with Crippen LogP contribution in [-0.2, 0) is 17.9 Å². The van der Waals surface area contributed by atoms with Gasteiger partial charge in [0.05, 0.1) is 6.20 Å². The van der Waals surface area contributed by atoms with Crippen LogP contribution in [0, 0.1) is 0 Å². The lowest BCUT2D eigenvalue weighted by atomic mass is 10.0. The standard InChI is InChI=1S/C23H31N5O2/c1-3-12-27-20-10-5-4-9-18(20)19-15-25-28(23(30)22(19)27)16-21(29)24-11-14-26-13-7-6-8-17(26)2/h4-5,9-10,15,17H,3,6-8,11-14,16H2,1-2H3,(H,24,29)/t17-/m1/s1. The van der Waals surface area contributed by atoms with Gasteiger partial charge in [0.1, 0.15) is 12.1 Å². The van der Waals surface area contributed by atoms with E-state index in [2.05, 4.69) is 33.7 Å². The number of aromatic nitrogens is 3. The van der Waals surface area contributed by atoms with Crippen molar-refractivity contribution >= 4 is 27.7 Å². The molecule has 1 aliphatic rings. The quantitative estimate of drug-likeness (QED) is 0.651. The van der Waals surface area contributed by atoms with Gasteiger partial charge < -0.3 is 9.88 Å². The monoisotopic (exact) mass is 409 g/mol. The second-order valence-electron chi connectivity index (χ2n) is 8.27. The Bertz CT molecular complexity index is 1100. The maximum Gasteiger partial charge on any atom is 0.291 e. The smallest absolute Gasteiger partial charge is 0.291 e. The number of fused-ring (bicyclic) bond motifs is 3. The summed E-state index contributed by atoms with van der Waals surface area (Å²) in [5, 5.41) is 9.13. The van der Waals surface area contributed by atoms with Gasteiger partial charge in [0.15, 0.2) is 0 Å². The first-order chi connectivity index (χ1) is 14.6. The van der Waals surface area contributed by atoms with Crippen molar-refractivity contribution in [1.29, 1.82) is 0 Å². The van der Waals surface area contributed by atoms with E-state index >= 15 is 0 Å². The Morgan fingerprint density at radius 2 is 2.03 bits per heavy atom. The molecule has 0 unspecified atom stereocenters. The van der Waals surface area contributed by atoms with E-state index < -0.39 is 0 Å². The summed E-state index contributed by atoms with van der Waals surface area (Å²) in [5.41, 5.74) is 1.45. The molecular weight excluding hydrogens is 378 g/mol. The third-order valence-electron chi connectivity index (χ3n) is 6.18. The van der Waals surface area contributed by atoms with Gasteiger partial charge in [-0.15, -0.1) is 0 Å². The number of carbonyl (C=O) groups is 1. The van der Waals surface area contributed by atoms with E-state index in [1.54, 1.807) is 6.20 Å². The molecule has 160 valence electrons. The highest BCUT2D eigenvalue weighted by Crippen LogP contribution is 2.26. The molecule has 0 spiro atoms. The van der Waals surface area contributed by atoms with Crippen molar-refractivity contribution in [2.75, 3.05) is 19.6 Å². The van der Waals surface area contributed by atoms with Gasteiger partial charge in [-0.25, -0.2) is 4.68 Å². The summed E-state index contributed by atoms with van der Waals surface area (Å²) in [4.78, 5) is 28.1. The van der Waals surface area contributed by atoms with Crippen LogP contribution in [0.4, 0.5) is 0 Å². The zero-order chi connectivity index (χ0) is 21.1. The van der Waals surface area contributed by atoms with Crippen LogP contribution in [0.3, 0.4) is 0 Å². The molecule has 3 aromatic rings.